The molecule has 0 saturated carbocycles. The molecule has 1 unspecified atom stereocenters. The number of hydrogen-bond donors (Lipinski definition) is 0. The summed E-state index contributed by atoms with van der Waals surface area (Å²) in [6.45, 7) is 0.845. The van der Waals surface area contributed by atoms with Gasteiger partial charge in [-0.1, -0.05) is 18.2 Å². The maximum atomic E-state index is 14.0. The number of halogens is 4. The van der Waals surface area contributed by atoms with Gasteiger partial charge in [0.25, 0.3) is 11.8 Å². The number of ether oxygens (including phenoxy) is 2. The van der Waals surface area contributed by atoms with Gasteiger partial charge in [-0.15, -0.1) is 0 Å². The largest absolute Gasteiger partial charge is 0.416 e. The van der Waals surface area contributed by atoms with E-state index in [1.54, 1.807) is 6.07 Å². The minimum absolute atomic E-state index is 0.0273. The van der Waals surface area contributed by atoms with Gasteiger partial charge in [-0.25, -0.2) is 4.39 Å². The van der Waals surface area contributed by atoms with E-state index in [1.165, 1.54) is 47.2 Å². The van der Waals surface area contributed by atoms with E-state index in [1.807, 2.05) is 0 Å². The number of alkyl halides is 3. The Morgan fingerprint density at radius 1 is 1.18 bits per heavy atom. The molecule has 0 bridgehead atoms. The second-order valence-electron chi connectivity index (χ2n) is 7.55. The summed E-state index contributed by atoms with van der Waals surface area (Å²) in [5.41, 5.74) is -1.10. The van der Waals surface area contributed by atoms with Crippen molar-refractivity contribution in [2.45, 2.75) is 12.3 Å². The minimum Gasteiger partial charge on any atom is -0.383 e. The number of benzene rings is 2. The van der Waals surface area contributed by atoms with Gasteiger partial charge in [0, 0.05) is 38.9 Å². The molecule has 10 heteroatoms. The molecule has 3 rings (SSSR count). The molecular weight excluding hydrogens is 444 g/mol. The molecule has 1 fully saturated rings. The van der Waals surface area contributed by atoms with E-state index in [0.717, 1.165) is 12.1 Å². The molecule has 2 amide bonds. The molecule has 1 heterocycles. The molecule has 0 aliphatic carbocycles. The van der Waals surface area contributed by atoms with Crippen molar-refractivity contribution < 1.29 is 36.6 Å². The lowest BCUT2D eigenvalue weighted by Crippen LogP contribution is -2.51. The van der Waals surface area contributed by atoms with E-state index >= 15 is 0 Å². The fourth-order valence-electron chi connectivity index (χ4n) is 3.55. The van der Waals surface area contributed by atoms with Crippen LogP contribution >= 0.6 is 0 Å². The van der Waals surface area contributed by atoms with E-state index < -0.39 is 35.5 Å². The van der Waals surface area contributed by atoms with Crippen molar-refractivity contribution in [3.05, 3.63) is 71.0 Å². The predicted molar refractivity (Wildman–Crippen MR) is 111 cm³/mol. The van der Waals surface area contributed by atoms with Gasteiger partial charge in [0.15, 0.2) is 0 Å². The number of hydrogen-bond acceptors (Lipinski definition) is 4. The topological polar surface area (TPSA) is 59.1 Å². The molecule has 0 radical (unpaired) electrons. The quantitative estimate of drug-likeness (QED) is 0.584. The third-order valence-electron chi connectivity index (χ3n) is 5.24. The molecule has 1 atom stereocenters. The second-order valence-corrected chi connectivity index (χ2v) is 7.55. The summed E-state index contributed by atoms with van der Waals surface area (Å²) in [6.07, 6.45) is -5.17. The lowest BCUT2D eigenvalue weighted by Gasteiger charge is -2.36. The first-order chi connectivity index (χ1) is 15.7. The van der Waals surface area contributed by atoms with Crippen LogP contribution in [0.3, 0.4) is 0 Å². The lowest BCUT2D eigenvalue weighted by molar-refractivity contribution is -0.137. The van der Waals surface area contributed by atoms with E-state index in [-0.39, 0.29) is 50.5 Å². The number of carbonyl (C=O) groups excluding carboxylic acids is 2. The van der Waals surface area contributed by atoms with E-state index in [4.69, 9.17) is 9.47 Å². The lowest BCUT2D eigenvalue weighted by atomic mass is 10.1. The average molecular weight is 468 g/mol. The number of amides is 2. The highest BCUT2D eigenvalue weighted by Crippen LogP contribution is 2.29. The first kappa shape index (κ1) is 24.7. The van der Waals surface area contributed by atoms with Crippen LogP contribution in [0.1, 0.15) is 26.3 Å². The Balaban J connectivity index is 1.74. The summed E-state index contributed by atoms with van der Waals surface area (Å²) < 4.78 is 64.0. The van der Waals surface area contributed by atoms with Crippen LogP contribution in [-0.2, 0) is 15.7 Å². The van der Waals surface area contributed by atoms with Gasteiger partial charge >= 0.3 is 6.18 Å². The normalized spacial score (nSPS) is 16.5. The Morgan fingerprint density at radius 3 is 2.64 bits per heavy atom. The first-order valence-electron chi connectivity index (χ1n) is 10.3. The molecule has 0 spiro atoms. The molecule has 6 nitrogen and oxygen atoms in total. The summed E-state index contributed by atoms with van der Waals surface area (Å²) >= 11 is 0. The number of methoxy groups -OCH3 is 1. The molecule has 0 aromatic heterocycles. The Morgan fingerprint density at radius 2 is 1.94 bits per heavy atom. The Bertz CT molecular complexity index is 983. The minimum atomic E-state index is -4.58. The summed E-state index contributed by atoms with van der Waals surface area (Å²) in [5.74, 6) is -1.74. The van der Waals surface area contributed by atoms with Crippen LogP contribution in [0.15, 0.2) is 48.5 Å². The van der Waals surface area contributed by atoms with Crippen LogP contribution in [0.5, 0.6) is 0 Å². The maximum absolute atomic E-state index is 14.0. The van der Waals surface area contributed by atoms with Crippen molar-refractivity contribution in [2.24, 2.45) is 0 Å². The molecule has 1 aliphatic rings. The van der Waals surface area contributed by atoms with Gasteiger partial charge in [0.2, 0.25) is 0 Å². The predicted octanol–water partition coefficient (Wildman–Crippen LogP) is 3.47. The van der Waals surface area contributed by atoms with Crippen LogP contribution in [0.25, 0.3) is 0 Å². The van der Waals surface area contributed by atoms with Gasteiger partial charge in [0.05, 0.1) is 30.4 Å². The van der Waals surface area contributed by atoms with E-state index in [9.17, 15) is 27.2 Å². The molecule has 2 aromatic carbocycles. The molecule has 2 aromatic rings. The van der Waals surface area contributed by atoms with Crippen LogP contribution in [0.4, 0.5) is 17.6 Å². The molecule has 33 heavy (non-hydrogen) atoms. The maximum Gasteiger partial charge on any atom is 0.416 e. The van der Waals surface area contributed by atoms with Crippen molar-refractivity contribution in [2.75, 3.05) is 46.5 Å². The Hall–Kier alpha value is -2.98. The SMILES string of the molecule is COCCN(CC1CN(C(=O)c2ccccc2F)CCO1)C(=O)c1cccc(C(F)(F)F)c1. The highest BCUT2D eigenvalue weighted by molar-refractivity contribution is 5.95. The van der Waals surface area contributed by atoms with Crippen molar-refractivity contribution in [1.29, 1.82) is 0 Å². The number of rotatable bonds is 7. The summed E-state index contributed by atoms with van der Waals surface area (Å²) in [6, 6.07) is 9.83. The summed E-state index contributed by atoms with van der Waals surface area (Å²) in [5, 5.41) is 0. The van der Waals surface area contributed by atoms with Crippen molar-refractivity contribution >= 4 is 11.8 Å². The van der Waals surface area contributed by atoms with Crippen LogP contribution in [-0.4, -0.2) is 74.2 Å². The van der Waals surface area contributed by atoms with Crippen molar-refractivity contribution in [1.82, 2.24) is 9.80 Å². The number of carbonyl (C=O) groups is 2. The summed E-state index contributed by atoms with van der Waals surface area (Å²) in [4.78, 5) is 28.5. The van der Waals surface area contributed by atoms with Gasteiger partial charge in [0.1, 0.15) is 5.82 Å². The second kappa shape index (κ2) is 10.8. The molecule has 1 aliphatic heterocycles. The molecule has 0 N–H and O–H groups in total. The van der Waals surface area contributed by atoms with Gasteiger partial charge in [-0.2, -0.15) is 13.2 Å². The van der Waals surface area contributed by atoms with Crippen molar-refractivity contribution in [3.8, 4) is 0 Å². The molecule has 178 valence electrons. The van der Waals surface area contributed by atoms with Gasteiger partial charge < -0.3 is 19.3 Å². The van der Waals surface area contributed by atoms with Gasteiger partial charge in [-0.3, -0.25) is 9.59 Å². The fourth-order valence-corrected chi connectivity index (χ4v) is 3.55. The van der Waals surface area contributed by atoms with E-state index in [0.29, 0.717) is 0 Å². The number of nitrogens with zero attached hydrogens (tertiary/aromatic N) is 2. The van der Waals surface area contributed by atoms with Crippen LogP contribution in [0, 0.1) is 5.82 Å². The first-order valence-corrected chi connectivity index (χ1v) is 10.3. The molecule has 1 saturated heterocycles. The zero-order valence-electron chi connectivity index (χ0n) is 18.0. The zero-order chi connectivity index (χ0) is 24.0. The fraction of sp³-hybridized carbons (Fsp3) is 0.391. The van der Waals surface area contributed by atoms with E-state index in [2.05, 4.69) is 0 Å². The third kappa shape index (κ3) is 6.29. The van der Waals surface area contributed by atoms with Crippen LogP contribution < -0.4 is 0 Å². The average Bonchev–Trinajstić information content (AvgIpc) is 2.81. The highest BCUT2D eigenvalue weighted by atomic mass is 19.4. The van der Waals surface area contributed by atoms with Gasteiger partial charge in [-0.05, 0) is 30.3 Å². The Labute approximate surface area is 188 Å². The Kier molecular flexibility index (Phi) is 8.04. The monoisotopic (exact) mass is 468 g/mol. The number of morpholine rings is 1. The third-order valence-corrected chi connectivity index (χ3v) is 5.24. The highest BCUT2D eigenvalue weighted by Gasteiger charge is 2.32. The summed E-state index contributed by atoms with van der Waals surface area (Å²) in [7, 11) is 1.44. The standard InChI is InChI=1S/C23H24F4N2O4/c1-32-11-9-28(21(30)16-5-4-6-17(13-16)23(25,26)27)14-18-15-29(10-12-33-18)22(31)19-7-2-3-8-20(19)24/h2-8,13,18H,9-12,14-15H2,1H3. The molecular formula is C23H24F4N2O4. The smallest absolute Gasteiger partial charge is 0.383 e. The zero-order valence-corrected chi connectivity index (χ0v) is 18.0. The van der Waals surface area contributed by atoms with Crippen LogP contribution in [0.2, 0.25) is 0 Å². The van der Waals surface area contributed by atoms with Crippen molar-refractivity contribution in [3.63, 3.8) is 0 Å².